The Morgan fingerprint density at radius 2 is 1.93 bits per heavy atom. The summed E-state index contributed by atoms with van der Waals surface area (Å²) in [5.41, 5.74) is -0.592. The van der Waals surface area contributed by atoms with Crippen LogP contribution in [0, 0.1) is 12.3 Å². The molecule has 0 unspecified atom stereocenters. The molecule has 80 valence electrons. The molecule has 0 spiro atoms. The summed E-state index contributed by atoms with van der Waals surface area (Å²) < 4.78 is 5.57. The Balaban J connectivity index is 4.46. The first-order valence-corrected chi connectivity index (χ1v) is 5.27. The van der Waals surface area contributed by atoms with Gasteiger partial charge in [0.1, 0.15) is 5.60 Å². The molecule has 0 atom stereocenters. The van der Waals surface area contributed by atoms with E-state index in [9.17, 15) is 4.79 Å². The molecule has 0 aromatic carbocycles. The molecule has 14 heavy (non-hydrogen) atoms. The summed E-state index contributed by atoms with van der Waals surface area (Å²) in [6.45, 7) is 6.44. The van der Waals surface area contributed by atoms with Crippen molar-refractivity contribution in [3.63, 3.8) is 0 Å². The van der Waals surface area contributed by atoms with E-state index < -0.39 is 5.60 Å². The van der Waals surface area contributed by atoms with Crippen LogP contribution in [-0.4, -0.2) is 18.0 Å². The van der Waals surface area contributed by atoms with Gasteiger partial charge in [0, 0.05) is 19.4 Å². The van der Waals surface area contributed by atoms with Crippen LogP contribution in [0.4, 0.5) is 0 Å². The Morgan fingerprint density at radius 1 is 1.36 bits per heavy atom. The minimum Gasteiger partial charge on any atom is -0.368 e. The van der Waals surface area contributed by atoms with Crippen LogP contribution >= 0.6 is 0 Å². The number of rotatable bonds is 7. The van der Waals surface area contributed by atoms with E-state index in [2.05, 4.69) is 5.92 Å². The molecule has 0 rings (SSSR count). The smallest absolute Gasteiger partial charge is 0.165 e. The van der Waals surface area contributed by atoms with Crippen molar-refractivity contribution < 1.29 is 9.53 Å². The summed E-state index contributed by atoms with van der Waals surface area (Å²) in [7, 11) is 0. The fourth-order valence-electron chi connectivity index (χ4n) is 1.62. The van der Waals surface area contributed by atoms with E-state index in [4.69, 9.17) is 11.2 Å². The number of hydrogen-bond acceptors (Lipinski definition) is 2. The van der Waals surface area contributed by atoms with Gasteiger partial charge in [0.05, 0.1) is 0 Å². The first-order valence-electron chi connectivity index (χ1n) is 5.27. The summed E-state index contributed by atoms with van der Waals surface area (Å²) in [6, 6.07) is 0. The number of ether oxygens (including phenoxy) is 1. The third-order valence-electron chi connectivity index (χ3n) is 2.57. The van der Waals surface area contributed by atoms with Crippen molar-refractivity contribution in [1.29, 1.82) is 0 Å². The average molecular weight is 196 g/mol. The number of carbonyl (C=O) groups excluding carboxylic acids is 1. The molecule has 0 heterocycles. The van der Waals surface area contributed by atoms with Crippen LogP contribution in [0.5, 0.6) is 0 Å². The van der Waals surface area contributed by atoms with Crippen molar-refractivity contribution in [3.05, 3.63) is 0 Å². The van der Waals surface area contributed by atoms with Crippen molar-refractivity contribution in [1.82, 2.24) is 0 Å². The number of Topliss-reactive ketones (excluding diaryl/α,β-unsaturated/α-hetero) is 1. The number of terminal acetylenes is 1. The minimum absolute atomic E-state index is 0.141. The summed E-state index contributed by atoms with van der Waals surface area (Å²) in [6.07, 6.45) is 7.52. The highest BCUT2D eigenvalue weighted by molar-refractivity contribution is 5.87. The van der Waals surface area contributed by atoms with Crippen LogP contribution in [0.15, 0.2) is 0 Å². The molecule has 0 saturated carbocycles. The summed E-state index contributed by atoms with van der Waals surface area (Å²) >= 11 is 0. The van der Waals surface area contributed by atoms with Gasteiger partial charge in [-0.3, -0.25) is 4.79 Å². The largest absolute Gasteiger partial charge is 0.368 e. The van der Waals surface area contributed by atoms with E-state index in [1.165, 1.54) is 0 Å². The molecule has 0 aliphatic heterocycles. The first kappa shape index (κ1) is 13.2. The first-order chi connectivity index (χ1) is 6.66. The van der Waals surface area contributed by atoms with Gasteiger partial charge in [0.15, 0.2) is 5.78 Å². The standard InChI is InChI=1S/C12H20O2/c1-5-9-10-11(13)12(6-2,7-3)14-8-4/h1H,6-10H2,2-4H3. The SMILES string of the molecule is C#CCCC(=O)C(CC)(CC)OCC. The normalized spacial score (nSPS) is 11.0. The van der Waals surface area contributed by atoms with Crippen LogP contribution in [0.25, 0.3) is 0 Å². The zero-order chi connectivity index (χ0) is 11.0. The van der Waals surface area contributed by atoms with E-state index in [1.807, 2.05) is 20.8 Å². The lowest BCUT2D eigenvalue weighted by Gasteiger charge is -2.29. The Bertz CT molecular complexity index is 209. The van der Waals surface area contributed by atoms with Crippen LogP contribution in [0.3, 0.4) is 0 Å². The Labute approximate surface area is 87.0 Å². The number of carbonyl (C=O) groups is 1. The predicted molar refractivity (Wildman–Crippen MR) is 58.0 cm³/mol. The molecule has 0 radical (unpaired) electrons. The predicted octanol–water partition coefficient (Wildman–Crippen LogP) is 2.56. The maximum atomic E-state index is 11.9. The molecular weight excluding hydrogens is 176 g/mol. The third kappa shape index (κ3) is 3.16. The van der Waals surface area contributed by atoms with E-state index in [-0.39, 0.29) is 5.78 Å². The van der Waals surface area contributed by atoms with Crippen LogP contribution in [0.2, 0.25) is 0 Å². The van der Waals surface area contributed by atoms with Gasteiger partial charge in [0.2, 0.25) is 0 Å². The van der Waals surface area contributed by atoms with E-state index in [0.29, 0.717) is 19.4 Å². The highest BCUT2D eigenvalue weighted by Gasteiger charge is 2.34. The summed E-state index contributed by atoms with van der Waals surface area (Å²) in [4.78, 5) is 11.9. The van der Waals surface area contributed by atoms with Crippen molar-refractivity contribution in [2.24, 2.45) is 0 Å². The lowest BCUT2D eigenvalue weighted by molar-refractivity contribution is -0.145. The zero-order valence-electron chi connectivity index (χ0n) is 9.43. The lowest BCUT2D eigenvalue weighted by atomic mass is 9.89. The minimum atomic E-state index is -0.592. The van der Waals surface area contributed by atoms with Crippen molar-refractivity contribution in [2.45, 2.75) is 52.1 Å². The number of ketones is 1. The maximum Gasteiger partial charge on any atom is 0.165 e. The van der Waals surface area contributed by atoms with E-state index >= 15 is 0 Å². The van der Waals surface area contributed by atoms with Gasteiger partial charge in [-0.2, -0.15) is 0 Å². The average Bonchev–Trinajstić information content (AvgIpc) is 2.22. The molecule has 0 N–H and O–H groups in total. The van der Waals surface area contributed by atoms with Gasteiger partial charge in [-0.15, -0.1) is 12.3 Å². The fraction of sp³-hybridized carbons (Fsp3) is 0.750. The van der Waals surface area contributed by atoms with Gasteiger partial charge in [-0.05, 0) is 19.8 Å². The molecule has 2 nitrogen and oxygen atoms in total. The molecule has 0 aromatic heterocycles. The lowest BCUT2D eigenvalue weighted by Crippen LogP contribution is -2.40. The molecule has 0 aliphatic carbocycles. The van der Waals surface area contributed by atoms with Gasteiger partial charge in [0.25, 0.3) is 0 Å². The Morgan fingerprint density at radius 3 is 2.29 bits per heavy atom. The molecule has 0 aromatic rings. The van der Waals surface area contributed by atoms with Gasteiger partial charge >= 0.3 is 0 Å². The molecule has 0 saturated heterocycles. The second-order valence-electron chi connectivity index (χ2n) is 3.26. The molecule has 0 fully saturated rings. The van der Waals surface area contributed by atoms with Crippen molar-refractivity contribution >= 4 is 5.78 Å². The fourth-order valence-corrected chi connectivity index (χ4v) is 1.62. The summed E-state index contributed by atoms with van der Waals surface area (Å²) in [5.74, 6) is 2.63. The second kappa shape index (κ2) is 6.62. The Kier molecular flexibility index (Phi) is 6.23. The highest BCUT2D eigenvalue weighted by Crippen LogP contribution is 2.23. The van der Waals surface area contributed by atoms with Crippen molar-refractivity contribution in [2.75, 3.05) is 6.61 Å². The molecule has 2 heteroatoms. The molecule has 0 amide bonds. The Hall–Kier alpha value is -0.810. The van der Waals surface area contributed by atoms with Crippen LogP contribution in [-0.2, 0) is 9.53 Å². The third-order valence-corrected chi connectivity index (χ3v) is 2.57. The van der Waals surface area contributed by atoms with Crippen LogP contribution < -0.4 is 0 Å². The van der Waals surface area contributed by atoms with E-state index in [1.54, 1.807) is 0 Å². The van der Waals surface area contributed by atoms with Crippen LogP contribution in [0.1, 0.15) is 46.5 Å². The molecular formula is C12H20O2. The van der Waals surface area contributed by atoms with Gasteiger partial charge < -0.3 is 4.74 Å². The summed E-state index contributed by atoms with van der Waals surface area (Å²) in [5, 5.41) is 0. The monoisotopic (exact) mass is 196 g/mol. The maximum absolute atomic E-state index is 11.9. The molecule has 0 bridgehead atoms. The topological polar surface area (TPSA) is 26.3 Å². The van der Waals surface area contributed by atoms with Crippen molar-refractivity contribution in [3.8, 4) is 12.3 Å². The second-order valence-corrected chi connectivity index (χ2v) is 3.26. The van der Waals surface area contributed by atoms with Gasteiger partial charge in [-0.25, -0.2) is 0 Å². The van der Waals surface area contributed by atoms with Gasteiger partial charge in [-0.1, -0.05) is 13.8 Å². The zero-order valence-corrected chi connectivity index (χ0v) is 9.43. The molecule has 0 aliphatic rings. The quantitative estimate of drug-likeness (QED) is 0.585. The van der Waals surface area contributed by atoms with E-state index in [0.717, 1.165) is 12.8 Å². The highest BCUT2D eigenvalue weighted by atomic mass is 16.5. The number of hydrogen-bond donors (Lipinski definition) is 0.